The number of hydrogen-bond donors (Lipinski definition) is 0. The Morgan fingerprint density at radius 3 is 2.58 bits per heavy atom. The first kappa shape index (κ1) is 11.9. The molecule has 0 radical (unpaired) electrons. The second-order valence-electron chi connectivity index (χ2n) is 6.68. The molecule has 2 fully saturated rings. The lowest BCUT2D eigenvalue weighted by Gasteiger charge is -2.55. The minimum absolute atomic E-state index is 0.620. The number of hydrogen-bond acceptors (Lipinski definition) is 2. The molecule has 2 saturated heterocycles. The molecule has 0 amide bonds. The monoisotopic (exact) mass is 257 g/mol. The SMILES string of the molecule is c1ccc2c(c1)CCC(N1CC3(CCOCC3)C1)C2. The molecule has 2 aliphatic heterocycles. The van der Waals surface area contributed by atoms with Gasteiger partial charge in [-0.25, -0.2) is 0 Å². The molecule has 0 bridgehead atoms. The summed E-state index contributed by atoms with van der Waals surface area (Å²) in [5, 5.41) is 0. The maximum Gasteiger partial charge on any atom is 0.0472 e. The maximum atomic E-state index is 5.51. The van der Waals surface area contributed by atoms with Crippen molar-refractivity contribution in [1.29, 1.82) is 0 Å². The van der Waals surface area contributed by atoms with Crippen molar-refractivity contribution in [2.24, 2.45) is 5.41 Å². The smallest absolute Gasteiger partial charge is 0.0472 e. The van der Waals surface area contributed by atoms with Gasteiger partial charge in [-0.3, -0.25) is 4.90 Å². The molecule has 1 aromatic rings. The molecule has 0 aromatic heterocycles. The molecule has 2 heteroatoms. The zero-order chi connectivity index (χ0) is 12.7. The molecule has 1 spiro atoms. The van der Waals surface area contributed by atoms with E-state index in [9.17, 15) is 0 Å². The van der Waals surface area contributed by atoms with E-state index in [0.717, 1.165) is 19.3 Å². The van der Waals surface area contributed by atoms with Crippen LogP contribution in [0.1, 0.15) is 30.4 Å². The summed E-state index contributed by atoms with van der Waals surface area (Å²) in [5.74, 6) is 0. The highest BCUT2D eigenvalue weighted by Gasteiger charge is 2.46. The van der Waals surface area contributed by atoms with E-state index in [1.54, 1.807) is 11.1 Å². The minimum Gasteiger partial charge on any atom is -0.381 e. The summed E-state index contributed by atoms with van der Waals surface area (Å²) in [6, 6.07) is 9.80. The molecule has 1 aromatic carbocycles. The van der Waals surface area contributed by atoms with Crippen LogP contribution in [0.25, 0.3) is 0 Å². The third kappa shape index (κ3) is 2.11. The fourth-order valence-electron chi connectivity index (χ4n) is 4.18. The average Bonchev–Trinajstić information content (AvgIpc) is 2.45. The van der Waals surface area contributed by atoms with E-state index >= 15 is 0 Å². The van der Waals surface area contributed by atoms with Crippen molar-refractivity contribution in [2.75, 3.05) is 26.3 Å². The van der Waals surface area contributed by atoms with Crippen LogP contribution in [0.15, 0.2) is 24.3 Å². The molecule has 0 saturated carbocycles. The lowest BCUT2D eigenvalue weighted by molar-refractivity contribution is -0.0987. The van der Waals surface area contributed by atoms with Crippen LogP contribution in [0.3, 0.4) is 0 Å². The maximum absolute atomic E-state index is 5.51. The topological polar surface area (TPSA) is 12.5 Å². The van der Waals surface area contributed by atoms with E-state index in [0.29, 0.717) is 5.41 Å². The predicted molar refractivity (Wildman–Crippen MR) is 76.3 cm³/mol. The molecule has 1 aliphatic carbocycles. The van der Waals surface area contributed by atoms with Gasteiger partial charge >= 0.3 is 0 Å². The molecule has 1 atom stereocenters. The molecule has 19 heavy (non-hydrogen) atoms. The van der Waals surface area contributed by atoms with Gasteiger partial charge in [0.05, 0.1) is 0 Å². The Kier molecular flexibility index (Phi) is 2.89. The van der Waals surface area contributed by atoms with Crippen LogP contribution < -0.4 is 0 Å². The minimum atomic E-state index is 0.620. The van der Waals surface area contributed by atoms with Crippen molar-refractivity contribution in [3.8, 4) is 0 Å². The largest absolute Gasteiger partial charge is 0.381 e. The van der Waals surface area contributed by atoms with Crippen molar-refractivity contribution in [3.63, 3.8) is 0 Å². The molecule has 2 heterocycles. The fourth-order valence-corrected chi connectivity index (χ4v) is 4.18. The average molecular weight is 257 g/mol. The highest BCUT2D eigenvalue weighted by molar-refractivity contribution is 5.30. The summed E-state index contributed by atoms with van der Waals surface area (Å²) in [6.45, 7) is 4.62. The van der Waals surface area contributed by atoms with Crippen molar-refractivity contribution in [1.82, 2.24) is 4.90 Å². The number of fused-ring (bicyclic) bond motifs is 1. The third-order valence-electron chi connectivity index (χ3n) is 5.47. The normalized spacial score (nSPS) is 29.8. The van der Waals surface area contributed by atoms with Gasteiger partial charge in [-0.05, 0) is 43.2 Å². The van der Waals surface area contributed by atoms with Crippen molar-refractivity contribution in [3.05, 3.63) is 35.4 Å². The van der Waals surface area contributed by atoms with Gasteiger partial charge in [0.25, 0.3) is 0 Å². The van der Waals surface area contributed by atoms with Gasteiger partial charge in [-0.1, -0.05) is 24.3 Å². The van der Waals surface area contributed by atoms with Crippen LogP contribution in [0, 0.1) is 5.41 Å². The van der Waals surface area contributed by atoms with E-state index < -0.39 is 0 Å². The van der Waals surface area contributed by atoms with E-state index in [-0.39, 0.29) is 0 Å². The second kappa shape index (κ2) is 4.60. The Morgan fingerprint density at radius 1 is 1.05 bits per heavy atom. The first-order chi connectivity index (χ1) is 9.35. The highest BCUT2D eigenvalue weighted by atomic mass is 16.5. The van der Waals surface area contributed by atoms with Crippen LogP contribution in [0.4, 0.5) is 0 Å². The summed E-state index contributed by atoms with van der Waals surface area (Å²) in [6.07, 6.45) is 6.46. The van der Waals surface area contributed by atoms with Gasteiger partial charge in [0.15, 0.2) is 0 Å². The molecule has 1 unspecified atom stereocenters. The van der Waals surface area contributed by atoms with Gasteiger partial charge in [-0.2, -0.15) is 0 Å². The first-order valence-corrected chi connectivity index (χ1v) is 7.73. The van der Waals surface area contributed by atoms with Crippen LogP contribution >= 0.6 is 0 Å². The number of rotatable bonds is 1. The van der Waals surface area contributed by atoms with Crippen LogP contribution in [-0.2, 0) is 17.6 Å². The van der Waals surface area contributed by atoms with E-state index in [2.05, 4.69) is 29.2 Å². The Labute approximate surface area is 115 Å². The van der Waals surface area contributed by atoms with Gasteiger partial charge in [0.2, 0.25) is 0 Å². The Balaban J connectivity index is 1.41. The molecular formula is C17H23NO. The van der Waals surface area contributed by atoms with Crippen molar-refractivity contribution < 1.29 is 4.74 Å². The van der Waals surface area contributed by atoms with Gasteiger partial charge in [0, 0.05) is 37.8 Å². The highest BCUT2D eigenvalue weighted by Crippen LogP contribution is 2.42. The Hall–Kier alpha value is -0.860. The van der Waals surface area contributed by atoms with E-state index in [1.807, 2.05) is 0 Å². The predicted octanol–water partition coefficient (Wildman–Crippen LogP) is 2.66. The van der Waals surface area contributed by atoms with Crippen LogP contribution in [-0.4, -0.2) is 37.2 Å². The summed E-state index contributed by atoms with van der Waals surface area (Å²) in [5.41, 5.74) is 3.79. The first-order valence-electron chi connectivity index (χ1n) is 7.73. The number of ether oxygens (including phenoxy) is 1. The van der Waals surface area contributed by atoms with Gasteiger partial charge in [-0.15, -0.1) is 0 Å². The van der Waals surface area contributed by atoms with Gasteiger partial charge < -0.3 is 4.74 Å². The summed E-state index contributed by atoms with van der Waals surface area (Å²) >= 11 is 0. The molecule has 0 N–H and O–H groups in total. The summed E-state index contributed by atoms with van der Waals surface area (Å²) < 4.78 is 5.51. The lowest BCUT2D eigenvalue weighted by Crippen LogP contribution is -2.62. The van der Waals surface area contributed by atoms with Crippen LogP contribution in [0.5, 0.6) is 0 Å². The molecular weight excluding hydrogens is 234 g/mol. The number of aryl methyl sites for hydroxylation is 1. The molecule has 2 nitrogen and oxygen atoms in total. The van der Waals surface area contributed by atoms with E-state index in [4.69, 9.17) is 4.74 Å². The quantitative estimate of drug-likeness (QED) is 0.767. The zero-order valence-corrected chi connectivity index (χ0v) is 11.6. The number of likely N-dealkylation sites (tertiary alicyclic amines) is 1. The Bertz CT molecular complexity index is 456. The third-order valence-corrected chi connectivity index (χ3v) is 5.47. The van der Waals surface area contributed by atoms with Crippen molar-refractivity contribution in [2.45, 2.75) is 38.1 Å². The molecule has 4 rings (SSSR count). The number of nitrogens with zero attached hydrogens (tertiary/aromatic N) is 1. The second-order valence-corrected chi connectivity index (χ2v) is 6.68. The molecule has 102 valence electrons. The van der Waals surface area contributed by atoms with Crippen molar-refractivity contribution >= 4 is 0 Å². The Morgan fingerprint density at radius 2 is 1.79 bits per heavy atom. The van der Waals surface area contributed by atoms with Gasteiger partial charge in [0.1, 0.15) is 0 Å². The van der Waals surface area contributed by atoms with Crippen LogP contribution in [0.2, 0.25) is 0 Å². The lowest BCUT2D eigenvalue weighted by atomic mass is 9.71. The summed E-state index contributed by atoms with van der Waals surface area (Å²) in [7, 11) is 0. The summed E-state index contributed by atoms with van der Waals surface area (Å²) in [4.78, 5) is 2.74. The fraction of sp³-hybridized carbons (Fsp3) is 0.647. The van der Waals surface area contributed by atoms with E-state index in [1.165, 1.54) is 45.2 Å². The number of benzene rings is 1. The zero-order valence-electron chi connectivity index (χ0n) is 11.6. The molecule has 3 aliphatic rings. The standard InChI is InChI=1S/C17H23NO/c1-2-4-15-11-16(6-5-14(15)3-1)18-12-17(13-18)7-9-19-10-8-17/h1-4,16H,5-13H2.